The Morgan fingerprint density at radius 3 is 2.73 bits per heavy atom. The van der Waals surface area contributed by atoms with Crippen molar-refractivity contribution in [3.05, 3.63) is 58.1 Å². The molecule has 0 fully saturated rings. The van der Waals surface area contributed by atoms with Gasteiger partial charge in [0.25, 0.3) is 11.8 Å². The summed E-state index contributed by atoms with van der Waals surface area (Å²) in [4.78, 5) is 38.0. The van der Waals surface area contributed by atoms with E-state index < -0.39 is 16.9 Å². The zero-order valence-electron chi connectivity index (χ0n) is 16.8. The number of para-hydroxylation sites is 2. The van der Waals surface area contributed by atoms with Gasteiger partial charge in [-0.3, -0.25) is 19.7 Å². The number of amides is 2. The third kappa shape index (κ3) is 4.35. The first-order valence-electron chi connectivity index (χ1n) is 9.72. The van der Waals surface area contributed by atoms with Crippen molar-refractivity contribution < 1.29 is 24.0 Å². The molecular formula is C21H23N3O6. The van der Waals surface area contributed by atoms with Gasteiger partial charge in [0.15, 0.2) is 11.9 Å². The average Bonchev–Trinajstić information content (AvgIpc) is 2.76. The summed E-state index contributed by atoms with van der Waals surface area (Å²) in [5.74, 6) is -0.292. The number of rotatable bonds is 7. The molecular weight excluding hydrogens is 390 g/mol. The van der Waals surface area contributed by atoms with Crippen LogP contribution >= 0.6 is 0 Å². The Bertz CT molecular complexity index is 962. The second-order valence-corrected chi connectivity index (χ2v) is 6.65. The second kappa shape index (κ2) is 9.25. The standard InChI is InChI=1S/C21H23N3O6/c1-3-11-22-20(25)19-13-23(15-7-5-6-8-18(15)30-19)21(26)14-9-10-17(29-4-2)16(12-14)24(27)28/h5-10,12,19H,3-4,11,13H2,1-2H3,(H,22,25)/t19-/m0/s1. The van der Waals surface area contributed by atoms with Gasteiger partial charge in [0.05, 0.1) is 23.8 Å². The fourth-order valence-electron chi connectivity index (χ4n) is 3.15. The Balaban J connectivity index is 1.94. The third-order valence-electron chi connectivity index (χ3n) is 4.56. The first kappa shape index (κ1) is 21.1. The van der Waals surface area contributed by atoms with Crippen molar-refractivity contribution in [2.24, 2.45) is 0 Å². The van der Waals surface area contributed by atoms with Crippen molar-refractivity contribution in [3.63, 3.8) is 0 Å². The number of hydrogen-bond donors (Lipinski definition) is 1. The highest BCUT2D eigenvalue weighted by molar-refractivity contribution is 6.08. The highest BCUT2D eigenvalue weighted by Gasteiger charge is 2.34. The summed E-state index contributed by atoms with van der Waals surface area (Å²) in [6, 6.07) is 11.0. The van der Waals surface area contributed by atoms with E-state index in [1.54, 1.807) is 31.2 Å². The number of hydrogen-bond acceptors (Lipinski definition) is 6. The Morgan fingerprint density at radius 2 is 2.03 bits per heavy atom. The van der Waals surface area contributed by atoms with Gasteiger partial charge in [0.1, 0.15) is 5.75 Å². The predicted octanol–water partition coefficient (Wildman–Crippen LogP) is 2.93. The van der Waals surface area contributed by atoms with Gasteiger partial charge in [-0.2, -0.15) is 0 Å². The van der Waals surface area contributed by atoms with Gasteiger partial charge in [-0.1, -0.05) is 19.1 Å². The number of carbonyl (C=O) groups excluding carboxylic acids is 2. The molecule has 9 nitrogen and oxygen atoms in total. The van der Waals surface area contributed by atoms with Crippen LogP contribution in [-0.4, -0.2) is 42.5 Å². The van der Waals surface area contributed by atoms with E-state index in [0.29, 0.717) is 18.0 Å². The van der Waals surface area contributed by atoms with Crippen molar-refractivity contribution in [3.8, 4) is 11.5 Å². The fraction of sp³-hybridized carbons (Fsp3) is 0.333. The lowest BCUT2D eigenvalue weighted by atomic mass is 10.1. The molecule has 0 bridgehead atoms. The highest BCUT2D eigenvalue weighted by Crippen LogP contribution is 2.35. The van der Waals surface area contributed by atoms with Gasteiger partial charge in [0.2, 0.25) is 0 Å². The van der Waals surface area contributed by atoms with E-state index in [1.807, 2.05) is 6.92 Å². The van der Waals surface area contributed by atoms with E-state index in [-0.39, 0.29) is 36.1 Å². The number of fused-ring (bicyclic) bond motifs is 1. The molecule has 0 aromatic heterocycles. The maximum atomic E-state index is 13.3. The van der Waals surface area contributed by atoms with Gasteiger partial charge in [0, 0.05) is 18.2 Å². The van der Waals surface area contributed by atoms with Crippen LogP contribution in [-0.2, 0) is 4.79 Å². The normalized spacial score (nSPS) is 15.0. The number of anilines is 1. The zero-order chi connectivity index (χ0) is 21.7. The summed E-state index contributed by atoms with van der Waals surface area (Å²) in [7, 11) is 0. The second-order valence-electron chi connectivity index (χ2n) is 6.65. The Morgan fingerprint density at radius 1 is 1.27 bits per heavy atom. The molecule has 0 saturated heterocycles. The Hall–Kier alpha value is -3.62. The Kier molecular flexibility index (Phi) is 6.51. The molecule has 0 aliphatic carbocycles. The topological polar surface area (TPSA) is 111 Å². The molecule has 1 aliphatic heterocycles. The smallest absolute Gasteiger partial charge is 0.311 e. The molecule has 1 aliphatic rings. The van der Waals surface area contributed by atoms with Crippen molar-refractivity contribution in [1.82, 2.24) is 5.32 Å². The zero-order valence-corrected chi connectivity index (χ0v) is 16.8. The number of benzene rings is 2. The molecule has 0 unspecified atom stereocenters. The lowest BCUT2D eigenvalue weighted by Gasteiger charge is -2.34. The average molecular weight is 413 g/mol. The molecule has 0 radical (unpaired) electrons. The van der Waals surface area contributed by atoms with Crippen molar-refractivity contribution in [1.29, 1.82) is 0 Å². The van der Waals surface area contributed by atoms with E-state index in [1.165, 1.54) is 23.1 Å². The molecule has 2 amide bonds. The van der Waals surface area contributed by atoms with Crippen LogP contribution in [0.3, 0.4) is 0 Å². The minimum Gasteiger partial charge on any atom is -0.487 e. The number of nitrogens with one attached hydrogen (secondary N) is 1. The van der Waals surface area contributed by atoms with Gasteiger partial charge < -0.3 is 19.7 Å². The lowest BCUT2D eigenvalue weighted by molar-refractivity contribution is -0.385. The summed E-state index contributed by atoms with van der Waals surface area (Å²) in [6.45, 7) is 4.41. The number of carbonyl (C=O) groups is 2. The number of nitro benzene ring substituents is 1. The quantitative estimate of drug-likeness (QED) is 0.552. The summed E-state index contributed by atoms with van der Waals surface area (Å²) in [5.41, 5.74) is 0.328. The van der Waals surface area contributed by atoms with E-state index in [4.69, 9.17) is 9.47 Å². The van der Waals surface area contributed by atoms with Crippen molar-refractivity contribution >= 4 is 23.2 Å². The van der Waals surface area contributed by atoms with Crippen LogP contribution in [0.25, 0.3) is 0 Å². The summed E-state index contributed by atoms with van der Waals surface area (Å²) in [6.07, 6.45) is -0.110. The maximum absolute atomic E-state index is 13.3. The summed E-state index contributed by atoms with van der Waals surface area (Å²) in [5, 5.41) is 14.2. The monoisotopic (exact) mass is 413 g/mol. The van der Waals surface area contributed by atoms with Crippen LogP contribution in [0, 0.1) is 10.1 Å². The van der Waals surface area contributed by atoms with E-state index in [0.717, 1.165) is 6.42 Å². The minimum absolute atomic E-state index is 0.00754. The van der Waals surface area contributed by atoms with Crippen LogP contribution < -0.4 is 19.7 Å². The summed E-state index contributed by atoms with van der Waals surface area (Å²) >= 11 is 0. The fourth-order valence-corrected chi connectivity index (χ4v) is 3.15. The summed E-state index contributed by atoms with van der Waals surface area (Å²) < 4.78 is 11.1. The molecule has 0 saturated carbocycles. The van der Waals surface area contributed by atoms with Crippen LogP contribution in [0.2, 0.25) is 0 Å². The molecule has 1 heterocycles. The molecule has 2 aromatic carbocycles. The van der Waals surface area contributed by atoms with Gasteiger partial charge in [-0.15, -0.1) is 0 Å². The van der Waals surface area contributed by atoms with Crippen LogP contribution in [0.5, 0.6) is 11.5 Å². The van der Waals surface area contributed by atoms with E-state index in [2.05, 4.69) is 5.32 Å². The molecule has 0 spiro atoms. The van der Waals surface area contributed by atoms with Crippen LogP contribution in [0.4, 0.5) is 11.4 Å². The van der Waals surface area contributed by atoms with Crippen molar-refractivity contribution in [2.75, 3.05) is 24.6 Å². The van der Waals surface area contributed by atoms with Crippen LogP contribution in [0.1, 0.15) is 30.6 Å². The van der Waals surface area contributed by atoms with Crippen LogP contribution in [0.15, 0.2) is 42.5 Å². The predicted molar refractivity (Wildman–Crippen MR) is 110 cm³/mol. The molecule has 2 aromatic rings. The molecule has 9 heteroatoms. The molecule has 1 atom stereocenters. The number of ether oxygens (including phenoxy) is 2. The number of nitro groups is 1. The molecule has 158 valence electrons. The highest BCUT2D eigenvalue weighted by atomic mass is 16.6. The number of nitrogens with zero attached hydrogens (tertiary/aromatic N) is 2. The lowest BCUT2D eigenvalue weighted by Crippen LogP contribution is -2.50. The molecule has 30 heavy (non-hydrogen) atoms. The maximum Gasteiger partial charge on any atom is 0.311 e. The third-order valence-corrected chi connectivity index (χ3v) is 4.56. The molecule has 3 rings (SSSR count). The first-order valence-corrected chi connectivity index (χ1v) is 9.72. The van der Waals surface area contributed by atoms with Gasteiger partial charge in [-0.05, 0) is 37.6 Å². The largest absolute Gasteiger partial charge is 0.487 e. The molecule has 1 N–H and O–H groups in total. The van der Waals surface area contributed by atoms with E-state index in [9.17, 15) is 19.7 Å². The van der Waals surface area contributed by atoms with Gasteiger partial charge >= 0.3 is 5.69 Å². The Labute approximate surface area is 173 Å². The van der Waals surface area contributed by atoms with Crippen molar-refractivity contribution in [2.45, 2.75) is 26.4 Å². The van der Waals surface area contributed by atoms with E-state index >= 15 is 0 Å². The first-order chi connectivity index (χ1) is 14.5. The minimum atomic E-state index is -0.881. The van der Waals surface area contributed by atoms with Gasteiger partial charge in [-0.25, -0.2) is 0 Å². The SMILES string of the molecule is CCCNC(=O)[C@@H]1CN(C(=O)c2ccc(OCC)c([N+](=O)[O-])c2)c2ccccc2O1.